The Labute approximate surface area is 86.1 Å². The van der Waals surface area contributed by atoms with Crippen LogP contribution in [0, 0.1) is 0 Å². The van der Waals surface area contributed by atoms with Crippen molar-refractivity contribution in [3.05, 3.63) is 24.3 Å². The third kappa shape index (κ3) is 22.4. The molecule has 0 radical (unpaired) electrons. The van der Waals surface area contributed by atoms with Gasteiger partial charge in [-0.2, -0.15) is 0 Å². The van der Waals surface area contributed by atoms with Crippen LogP contribution in [-0.2, 0) is 9.63 Å². The molecule has 0 N–H and O–H groups in total. The van der Waals surface area contributed by atoms with E-state index in [4.69, 9.17) is 0 Å². The van der Waals surface area contributed by atoms with Crippen molar-refractivity contribution in [2.24, 2.45) is 5.16 Å². The maximum absolute atomic E-state index is 10.0. The van der Waals surface area contributed by atoms with Crippen molar-refractivity contribution in [3.63, 3.8) is 0 Å². The molecule has 0 rings (SSSR count). The molecule has 0 aliphatic heterocycles. The largest absolute Gasteiger partial charge is 0.331 e. The SMILES string of the molecule is CC(=O)ON=C(C)C.CC=CC=CC. The van der Waals surface area contributed by atoms with Gasteiger partial charge in [0.15, 0.2) is 0 Å². The van der Waals surface area contributed by atoms with E-state index in [1.54, 1.807) is 13.8 Å². The Hall–Kier alpha value is -1.38. The normalized spacial score (nSPS) is 9.50. The first-order valence-corrected chi connectivity index (χ1v) is 4.47. The highest BCUT2D eigenvalue weighted by molar-refractivity contribution is 5.79. The van der Waals surface area contributed by atoms with Gasteiger partial charge in [-0.3, -0.25) is 0 Å². The third-order valence-electron chi connectivity index (χ3n) is 0.853. The van der Waals surface area contributed by atoms with Gasteiger partial charge in [-0.05, 0) is 27.7 Å². The number of oxime groups is 1. The van der Waals surface area contributed by atoms with Gasteiger partial charge in [0.1, 0.15) is 0 Å². The van der Waals surface area contributed by atoms with Crippen LogP contribution < -0.4 is 0 Å². The van der Waals surface area contributed by atoms with Crippen LogP contribution in [0.15, 0.2) is 29.5 Å². The topological polar surface area (TPSA) is 38.7 Å². The molecule has 0 fully saturated rings. The van der Waals surface area contributed by atoms with Crippen LogP contribution in [-0.4, -0.2) is 11.7 Å². The smallest absolute Gasteiger partial charge is 0.319 e. The van der Waals surface area contributed by atoms with E-state index < -0.39 is 0 Å². The van der Waals surface area contributed by atoms with Gasteiger partial charge in [0.05, 0.1) is 5.71 Å². The Bertz CT molecular complexity index is 213. The summed E-state index contributed by atoms with van der Waals surface area (Å²) in [6.45, 7) is 8.82. The molecule has 0 unspecified atom stereocenters. The lowest BCUT2D eigenvalue weighted by Gasteiger charge is -1.88. The predicted molar refractivity (Wildman–Crippen MR) is 60.2 cm³/mol. The standard InChI is InChI=1S/C6H10.C5H9NO2/c1-3-5-6-4-2;1-4(2)6-8-5(3)7/h3-6H,1-2H3;1-3H3. The molecule has 14 heavy (non-hydrogen) atoms. The lowest BCUT2D eigenvalue weighted by atomic mass is 10.5. The summed E-state index contributed by atoms with van der Waals surface area (Å²) in [5.74, 6) is -0.383. The maximum Gasteiger partial charge on any atom is 0.331 e. The fraction of sp³-hybridized carbons (Fsp3) is 0.455. The molecule has 0 saturated carbocycles. The van der Waals surface area contributed by atoms with E-state index in [1.807, 2.05) is 38.2 Å². The first-order valence-electron chi connectivity index (χ1n) is 4.47. The molecule has 0 aliphatic rings. The molecule has 0 bridgehead atoms. The zero-order valence-electron chi connectivity index (χ0n) is 9.57. The second-order valence-corrected chi connectivity index (χ2v) is 2.67. The van der Waals surface area contributed by atoms with Gasteiger partial charge in [-0.15, -0.1) is 0 Å². The molecule has 0 aliphatic carbocycles. The molecule has 3 heteroatoms. The van der Waals surface area contributed by atoms with E-state index in [2.05, 4.69) is 9.99 Å². The molecule has 80 valence electrons. The van der Waals surface area contributed by atoms with E-state index in [9.17, 15) is 4.79 Å². The fourth-order valence-electron chi connectivity index (χ4n) is 0.378. The van der Waals surface area contributed by atoms with Gasteiger partial charge in [-0.1, -0.05) is 29.5 Å². The van der Waals surface area contributed by atoms with Crippen molar-refractivity contribution in [1.29, 1.82) is 0 Å². The molecule has 0 atom stereocenters. The van der Waals surface area contributed by atoms with Crippen LogP contribution in [0.5, 0.6) is 0 Å². The number of hydrogen-bond acceptors (Lipinski definition) is 3. The second-order valence-electron chi connectivity index (χ2n) is 2.67. The summed E-state index contributed by atoms with van der Waals surface area (Å²) in [5, 5.41) is 3.39. The molecule has 3 nitrogen and oxygen atoms in total. The molecule has 0 spiro atoms. The molecular formula is C11H19NO2. The minimum absolute atomic E-state index is 0.383. The highest BCUT2D eigenvalue weighted by atomic mass is 16.7. The first-order chi connectivity index (χ1) is 6.54. The van der Waals surface area contributed by atoms with Crippen molar-refractivity contribution < 1.29 is 9.63 Å². The molecule has 0 aromatic heterocycles. The summed E-state index contributed by atoms with van der Waals surface area (Å²) >= 11 is 0. The lowest BCUT2D eigenvalue weighted by molar-refractivity contribution is -0.140. The first kappa shape index (κ1) is 15.1. The maximum atomic E-state index is 10.0. The zero-order chi connectivity index (χ0) is 11.4. The molecule has 0 aromatic rings. The highest BCUT2D eigenvalue weighted by Crippen LogP contribution is 1.78. The van der Waals surface area contributed by atoms with E-state index in [1.165, 1.54) is 6.92 Å². The molecule has 0 aromatic carbocycles. The van der Waals surface area contributed by atoms with Crippen LogP contribution in [0.3, 0.4) is 0 Å². The van der Waals surface area contributed by atoms with E-state index in [-0.39, 0.29) is 5.97 Å². The molecular weight excluding hydrogens is 178 g/mol. The Kier molecular flexibility index (Phi) is 12.5. The molecule has 0 saturated heterocycles. The van der Waals surface area contributed by atoms with Gasteiger partial charge in [0.2, 0.25) is 0 Å². The van der Waals surface area contributed by atoms with E-state index in [0.717, 1.165) is 5.71 Å². The Balaban J connectivity index is 0. The van der Waals surface area contributed by atoms with Crippen LogP contribution in [0.1, 0.15) is 34.6 Å². The third-order valence-corrected chi connectivity index (χ3v) is 0.853. The minimum atomic E-state index is -0.383. The van der Waals surface area contributed by atoms with E-state index >= 15 is 0 Å². The van der Waals surface area contributed by atoms with Gasteiger partial charge in [0, 0.05) is 6.92 Å². The summed E-state index contributed by atoms with van der Waals surface area (Å²) < 4.78 is 0. The molecule has 0 amide bonds. The summed E-state index contributed by atoms with van der Waals surface area (Å²) in [4.78, 5) is 14.3. The Morgan fingerprint density at radius 1 is 1.07 bits per heavy atom. The minimum Gasteiger partial charge on any atom is -0.319 e. The van der Waals surface area contributed by atoms with Crippen molar-refractivity contribution >= 4 is 11.7 Å². The highest BCUT2D eigenvalue weighted by Gasteiger charge is 1.85. The summed E-state index contributed by atoms with van der Waals surface area (Å²) in [5.41, 5.74) is 0.736. The number of carbonyl (C=O) groups is 1. The van der Waals surface area contributed by atoms with Crippen molar-refractivity contribution in [2.45, 2.75) is 34.6 Å². The number of nitrogens with zero attached hydrogens (tertiary/aromatic N) is 1. The summed E-state index contributed by atoms with van der Waals surface area (Å²) in [7, 11) is 0. The lowest BCUT2D eigenvalue weighted by Crippen LogP contribution is -1.93. The van der Waals surface area contributed by atoms with Crippen molar-refractivity contribution in [2.75, 3.05) is 0 Å². The quantitative estimate of drug-likeness (QED) is 0.295. The van der Waals surface area contributed by atoms with Crippen LogP contribution in [0.25, 0.3) is 0 Å². The van der Waals surface area contributed by atoms with Crippen molar-refractivity contribution in [1.82, 2.24) is 0 Å². The Morgan fingerprint density at radius 2 is 1.50 bits per heavy atom. The Morgan fingerprint density at radius 3 is 1.64 bits per heavy atom. The van der Waals surface area contributed by atoms with Crippen LogP contribution in [0.2, 0.25) is 0 Å². The van der Waals surface area contributed by atoms with Gasteiger partial charge < -0.3 is 4.84 Å². The van der Waals surface area contributed by atoms with Gasteiger partial charge in [0.25, 0.3) is 0 Å². The molecule has 0 heterocycles. The van der Waals surface area contributed by atoms with Gasteiger partial charge >= 0.3 is 5.97 Å². The average molecular weight is 197 g/mol. The average Bonchev–Trinajstić information content (AvgIpc) is 2.12. The van der Waals surface area contributed by atoms with Crippen LogP contribution >= 0.6 is 0 Å². The number of carbonyl (C=O) groups excluding carboxylic acids is 1. The number of rotatable bonds is 2. The predicted octanol–water partition coefficient (Wildman–Crippen LogP) is 3.08. The fourth-order valence-corrected chi connectivity index (χ4v) is 0.378. The second kappa shape index (κ2) is 11.6. The van der Waals surface area contributed by atoms with E-state index in [0.29, 0.717) is 0 Å². The summed E-state index contributed by atoms with van der Waals surface area (Å²) in [6, 6.07) is 0. The monoisotopic (exact) mass is 197 g/mol. The van der Waals surface area contributed by atoms with Crippen molar-refractivity contribution in [3.8, 4) is 0 Å². The van der Waals surface area contributed by atoms with Crippen LogP contribution in [0.4, 0.5) is 0 Å². The number of allylic oxidation sites excluding steroid dienone is 4. The number of hydrogen-bond donors (Lipinski definition) is 0. The van der Waals surface area contributed by atoms with Gasteiger partial charge in [-0.25, -0.2) is 4.79 Å². The zero-order valence-corrected chi connectivity index (χ0v) is 9.57. The summed E-state index contributed by atoms with van der Waals surface area (Å²) in [6.07, 6.45) is 8.00.